The highest BCUT2D eigenvalue weighted by Gasteiger charge is 2.18. The van der Waals surface area contributed by atoms with Gasteiger partial charge in [0.15, 0.2) is 11.5 Å². The number of benzene rings is 1. The zero-order valence-corrected chi connectivity index (χ0v) is 13.8. The molecule has 0 unspecified atom stereocenters. The molecule has 23 heavy (non-hydrogen) atoms. The monoisotopic (exact) mass is 315 g/mol. The number of hydrogen-bond donors (Lipinski definition) is 1. The van der Waals surface area contributed by atoms with E-state index >= 15 is 0 Å². The van der Waals surface area contributed by atoms with E-state index in [4.69, 9.17) is 9.47 Å². The summed E-state index contributed by atoms with van der Waals surface area (Å²) >= 11 is 0. The van der Waals surface area contributed by atoms with Crippen LogP contribution in [0.3, 0.4) is 0 Å². The highest BCUT2D eigenvalue weighted by atomic mass is 16.6. The lowest BCUT2D eigenvalue weighted by molar-refractivity contribution is 0.101. The number of aryl methyl sites for hydroxylation is 2. The van der Waals surface area contributed by atoms with Crippen molar-refractivity contribution in [1.82, 2.24) is 9.78 Å². The molecule has 1 aromatic carbocycles. The summed E-state index contributed by atoms with van der Waals surface area (Å²) in [6.07, 6.45) is 0. The SMILES string of the molecule is Cc1cc2c(cc1NC(=O)c1cc(C(C)C)nn1C)OCCO2. The Morgan fingerprint density at radius 2 is 1.87 bits per heavy atom. The molecule has 0 spiro atoms. The number of aromatic nitrogens is 2. The zero-order valence-electron chi connectivity index (χ0n) is 13.8. The average molecular weight is 315 g/mol. The summed E-state index contributed by atoms with van der Waals surface area (Å²) in [6.45, 7) is 7.09. The Bertz CT molecular complexity index is 750. The minimum atomic E-state index is -0.188. The van der Waals surface area contributed by atoms with Gasteiger partial charge in [-0.05, 0) is 30.5 Å². The fourth-order valence-corrected chi connectivity index (χ4v) is 2.50. The summed E-state index contributed by atoms with van der Waals surface area (Å²) in [4.78, 5) is 12.5. The Labute approximate surface area is 135 Å². The quantitative estimate of drug-likeness (QED) is 0.946. The van der Waals surface area contributed by atoms with Gasteiger partial charge in [-0.25, -0.2) is 0 Å². The number of ether oxygens (including phenoxy) is 2. The number of hydrogen-bond acceptors (Lipinski definition) is 4. The molecule has 3 rings (SSSR count). The standard InChI is InChI=1S/C17H21N3O3/c1-10(2)12-8-14(20(4)19-12)17(21)18-13-9-16-15(7-11(13)3)22-5-6-23-16/h7-10H,5-6H2,1-4H3,(H,18,21). The van der Waals surface area contributed by atoms with E-state index < -0.39 is 0 Å². The van der Waals surface area contributed by atoms with Gasteiger partial charge in [-0.2, -0.15) is 5.10 Å². The molecule has 1 aliphatic rings. The lowest BCUT2D eigenvalue weighted by atomic mass is 10.1. The second-order valence-electron chi connectivity index (χ2n) is 6.00. The van der Waals surface area contributed by atoms with E-state index in [0.29, 0.717) is 30.3 Å². The predicted molar refractivity (Wildman–Crippen MR) is 87.4 cm³/mol. The van der Waals surface area contributed by atoms with Crippen molar-refractivity contribution in [3.05, 3.63) is 35.2 Å². The number of carbonyl (C=O) groups excluding carboxylic acids is 1. The molecule has 1 aliphatic heterocycles. The van der Waals surface area contributed by atoms with Gasteiger partial charge in [-0.1, -0.05) is 13.8 Å². The van der Waals surface area contributed by atoms with Crippen molar-refractivity contribution in [2.75, 3.05) is 18.5 Å². The van der Waals surface area contributed by atoms with Crippen LogP contribution in [0.5, 0.6) is 11.5 Å². The molecule has 6 nitrogen and oxygen atoms in total. The smallest absolute Gasteiger partial charge is 0.273 e. The lowest BCUT2D eigenvalue weighted by Crippen LogP contribution is -2.18. The van der Waals surface area contributed by atoms with Crippen LogP contribution in [0.25, 0.3) is 0 Å². The number of nitrogens with one attached hydrogen (secondary N) is 1. The van der Waals surface area contributed by atoms with Gasteiger partial charge in [0.2, 0.25) is 0 Å². The van der Waals surface area contributed by atoms with Crippen LogP contribution in [0.1, 0.15) is 41.5 Å². The van der Waals surface area contributed by atoms with Gasteiger partial charge in [-0.3, -0.25) is 9.48 Å². The van der Waals surface area contributed by atoms with E-state index in [1.165, 1.54) is 0 Å². The first-order valence-corrected chi connectivity index (χ1v) is 7.71. The molecule has 0 aliphatic carbocycles. The van der Waals surface area contributed by atoms with Crippen LogP contribution in [0.4, 0.5) is 5.69 Å². The summed E-state index contributed by atoms with van der Waals surface area (Å²) in [5.41, 5.74) is 3.07. The van der Waals surface area contributed by atoms with Crippen molar-refractivity contribution < 1.29 is 14.3 Å². The van der Waals surface area contributed by atoms with Crippen molar-refractivity contribution in [2.45, 2.75) is 26.7 Å². The van der Waals surface area contributed by atoms with Gasteiger partial charge < -0.3 is 14.8 Å². The van der Waals surface area contributed by atoms with Crippen LogP contribution in [0, 0.1) is 6.92 Å². The average Bonchev–Trinajstić information content (AvgIpc) is 2.90. The Morgan fingerprint density at radius 1 is 1.22 bits per heavy atom. The fraction of sp³-hybridized carbons (Fsp3) is 0.412. The molecule has 0 saturated carbocycles. The maximum atomic E-state index is 12.5. The van der Waals surface area contributed by atoms with E-state index in [1.807, 2.05) is 19.1 Å². The number of anilines is 1. The number of amides is 1. The normalized spacial score (nSPS) is 13.3. The minimum Gasteiger partial charge on any atom is -0.486 e. The molecule has 0 saturated heterocycles. The molecule has 6 heteroatoms. The summed E-state index contributed by atoms with van der Waals surface area (Å²) in [5.74, 6) is 1.46. The van der Waals surface area contributed by atoms with Gasteiger partial charge in [0.1, 0.15) is 18.9 Å². The number of fused-ring (bicyclic) bond motifs is 1. The van der Waals surface area contributed by atoms with Gasteiger partial charge in [-0.15, -0.1) is 0 Å². The van der Waals surface area contributed by atoms with Crippen LogP contribution in [0.15, 0.2) is 18.2 Å². The van der Waals surface area contributed by atoms with Crippen LogP contribution in [0.2, 0.25) is 0 Å². The molecule has 2 aromatic rings. The second-order valence-corrected chi connectivity index (χ2v) is 6.00. The van der Waals surface area contributed by atoms with Gasteiger partial charge >= 0.3 is 0 Å². The highest BCUT2D eigenvalue weighted by molar-refractivity contribution is 6.03. The topological polar surface area (TPSA) is 65.4 Å². The van der Waals surface area contributed by atoms with E-state index in [-0.39, 0.29) is 11.8 Å². The molecule has 1 aromatic heterocycles. The number of rotatable bonds is 3. The Kier molecular flexibility index (Phi) is 3.98. The molecule has 1 N–H and O–H groups in total. The number of carbonyl (C=O) groups is 1. The molecule has 1 amide bonds. The maximum Gasteiger partial charge on any atom is 0.273 e. The Morgan fingerprint density at radius 3 is 2.48 bits per heavy atom. The minimum absolute atomic E-state index is 0.188. The first-order valence-electron chi connectivity index (χ1n) is 7.71. The van der Waals surface area contributed by atoms with E-state index in [2.05, 4.69) is 24.3 Å². The van der Waals surface area contributed by atoms with Gasteiger partial charge in [0.05, 0.1) is 5.69 Å². The summed E-state index contributed by atoms with van der Waals surface area (Å²) in [6, 6.07) is 5.52. The third-order valence-electron chi connectivity index (χ3n) is 3.86. The summed E-state index contributed by atoms with van der Waals surface area (Å²) in [7, 11) is 1.78. The third kappa shape index (κ3) is 3.02. The van der Waals surface area contributed by atoms with E-state index in [0.717, 1.165) is 17.0 Å². The van der Waals surface area contributed by atoms with Crippen molar-refractivity contribution in [2.24, 2.45) is 7.05 Å². The van der Waals surface area contributed by atoms with E-state index in [9.17, 15) is 4.79 Å². The molecular weight excluding hydrogens is 294 g/mol. The van der Waals surface area contributed by atoms with Crippen molar-refractivity contribution >= 4 is 11.6 Å². The molecule has 2 heterocycles. The Balaban J connectivity index is 1.85. The molecule has 122 valence electrons. The number of nitrogens with zero attached hydrogens (tertiary/aromatic N) is 2. The Hall–Kier alpha value is -2.50. The predicted octanol–water partition coefficient (Wildman–Crippen LogP) is 2.88. The molecule has 0 radical (unpaired) electrons. The summed E-state index contributed by atoms with van der Waals surface area (Å²) in [5, 5.41) is 7.31. The van der Waals surface area contributed by atoms with Gasteiger partial charge in [0, 0.05) is 18.8 Å². The highest BCUT2D eigenvalue weighted by Crippen LogP contribution is 2.35. The first-order chi connectivity index (χ1) is 11.0. The largest absolute Gasteiger partial charge is 0.486 e. The fourth-order valence-electron chi connectivity index (χ4n) is 2.50. The van der Waals surface area contributed by atoms with Crippen LogP contribution >= 0.6 is 0 Å². The van der Waals surface area contributed by atoms with Crippen LogP contribution in [-0.4, -0.2) is 28.9 Å². The van der Waals surface area contributed by atoms with Crippen LogP contribution < -0.4 is 14.8 Å². The second kappa shape index (κ2) is 5.95. The molecular formula is C17H21N3O3. The summed E-state index contributed by atoms with van der Waals surface area (Å²) < 4.78 is 12.7. The zero-order chi connectivity index (χ0) is 16.6. The van der Waals surface area contributed by atoms with Gasteiger partial charge in [0.25, 0.3) is 5.91 Å². The molecule has 0 fully saturated rings. The van der Waals surface area contributed by atoms with E-state index in [1.54, 1.807) is 17.8 Å². The van der Waals surface area contributed by atoms with Crippen molar-refractivity contribution in [3.63, 3.8) is 0 Å². The molecule has 0 atom stereocenters. The first kappa shape index (κ1) is 15.4. The van der Waals surface area contributed by atoms with Crippen molar-refractivity contribution in [1.29, 1.82) is 0 Å². The van der Waals surface area contributed by atoms with Crippen LogP contribution in [-0.2, 0) is 7.05 Å². The maximum absolute atomic E-state index is 12.5. The van der Waals surface area contributed by atoms with Crippen molar-refractivity contribution in [3.8, 4) is 11.5 Å². The lowest BCUT2D eigenvalue weighted by Gasteiger charge is -2.20. The third-order valence-corrected chi connectivity index (χ3v) is 3.86. The molecule has 0 bridgehead atoms.